The van der Waals surface area contributed by atoms with Gasteiger partial charge in [0, 0.05) is 6.07 Å². The molecule has 2 aromatic rings. The molecule has 1 aliphatic heterocycles. The average Bonchev–Trinajstić information content (AvgIpc) is 2.91. The van der Waals surface area contributed by atoms with Gasteiger partial charge in [-0.3, -0.25) is 19.8 Å². The lowest BCUT2D eigenvalue weighted by molar-refractivity contribution is -0.385. The van der Waals surface area contributed by atoms with Crippen molar-refractivity contribution in [1.29, 1.82) is 0 Å². The molecule has 2 aromatic carbocycles. The SMILES string of the molecule is COc1ccc(/C=C2/SC(=S)N(c3ccc(C)c(C)c3)C2=O)cc1[N+](=O)[O-]. The van der Waals surface area contributed by atoms with Crippen molar-refractivity contribution >= 4 is 51.7 Å². The van der Waals surface area contributed by atoms with E-state index in [-0.39, 0.29) is 17.3 Å². The van der Waals surface area contributed by atoms with Crippen molar-refractivity contribution in [3.05, 3.63) is 68.1 Å². The maximum Gasteiger partial charge on any atom is 0.311 e. The van der Waals surface area contributed by atoms with Crippen molar-refractivity contribution in [2.24, 2.45) is 0 Å². The number of anilines is 1. The minimum atomic E-state index is -0.517. The van der Waals surface area contributed by atoms with Crippen LogP contribution in [0.1, 0.15) is 16.7 Å². The van der Waals surface area contributed by atoms with E-state index in [9.17, 15) is 14.9 Å². The van der Waals surface area contributed by atoms with E-state index in [0.717, 1.165) is 11.1 Å². The second kappa shape index (κ2) is 7.50. The Kier molecular flexibility index (Phi) is 5.29. The first kappa shape index (κ1) is 19.1. The molecule has 138 valence electrons. The molecule has 0 spiro atoms. The van der Waals surface area contributed by atoms with Crippen LogP contribution in [-0.4, -0.2) is 22.3 Å². The van der Waals surface area contributed by atoms with Crippen LogP contribution in [0.25, 0.3) is 6.08 Å². The van der Waals surface area contributed by atoms with Crippen LogP contribution < -0.4 is 9.64 Å². The number of nitro groups is 1. The molecule has 0 unspecified atom stereocenters. The van der Waals surface area contributed by atoms with Gasteiger partial charge in [0.2, 0.25) is 0 Å². The second-order valence-electron chi connectivity index (χ2n) is 5.97. The van der Waals surface area contributed by atoms with E-state index in [2.05, 4.69) is 0 Å². The van der Waals surface area contributed by atoms with Gasteiger partial charge < -0.3 is 4.74 Å². The molecule has 27 heavy (non-hydrogen) atoms. The van der Waals surface area contributed by atoms with Gasteiger partial charge in [0.1, 0.15) is 0 Å². The Bertz CT molecular complexity index is 1000. The summed E-state index contributed by atoms with van der Waals surface area (Å²) < 4.78 is 5.43. The smallest absolute Gasteiger partial charge is 0.311 e. The molecule has 3 rings (SSSR count). The highest BCUT2D eigenvalue weighted by Crippen LogP contribution is 2.37. The zero-order valence-corrected chi connectivity index (χ0v) is 16.5. The van der Waals surface area contributed by atoms with Crippen LogP contribution >= 0.6 is 24.0 Å². The summed E-state index contributed by atoms with van der Waals surface area (Å²) in [4.78, 5) is 25.4. The number of nitrogens with zero attached hydrogens (tertiary/aromatic N) is 2. The summed E-state index contributed by atoms with van der Waals surface area (Å²) >= 11 is 6.55. The molecule has 1 amide bonds. The number of thiocarbonyl (C=S) groups is 1. The van der Waals surface area contributed by atoms with Crippen molar-refractivity contribution in [3.8, 4) is 5.75 Å². The van der Waals surface area contributed by atoms with Gasteiger partial charge >= 0.3 is 5.69 Å². The first-order valence-corrected chi connectivity index (χ1v) is 9.22. The Morgan fingerprint density at radius 3 is 2.56 bits per heavy atom. The van der Waals surface area contributed by atoms with E-state index < -0.39 is 4.92 Å². The maximum absolute atomic E-state index is 12.8. The number of rotatable bonds is 4. The van der Waals surface area contributed by atoms with E-state index in [4.69, 9.17) is 17.0 Å². The van der Waals surface area contributed by atoms with Crippen LogP contribution in [0.15, 0.2) is 41.3 Å². The molecule has 8 heteroatoms. The van der Waals surface area contributed by atoms with Gasteiger partial charge in [-0.1, -0.05) is 36.1 Å². The van der Waals surface area contributed by atoms with E-state index in [1.807, 2.05) is 32.0 Å². The highest BCUT2D eigenvalue weighted by Gasteiger charge is 2.33. The van der Waals surface area contributed by atoms with E-state index in [0.29, 0.717) is 20.5 Å². The number of thioether (sulfide) groups is 1. The quantitative estimate of drug-likeness (QED) is 0.323. The average molecular weight is 400 g/mol. The summed E-state index contributed by atoms with van der Waals surface area (Å²) in [7, 11) is 1.37. The first-order valence-electron chi connectivity index (χ1n) is 7.99. The number of nitro benzene ring substituents is 1. The van der Waals surface area contributed by atoms with Crippen molar-refractivity contribution in [3.63, 3.8) is 0 Å². The molecule has 1 fully saturated rings. The van der Waals surface area contributed by atoms with Crippen LogP contribution in [0, 0.1) is 24.0 Å². The summed E-state index contributed by atoms with van der Waals surface area (Å²) in [6.07, 6.45) is 1.60. The highest BCUT2D eigenvalue weighted by molar-refractivity contribution is 8.27. The van der Waals surface area contributed by atoms with Crippen LogP contribution in [0.3, 0.4) is 0 Å². The number of benzene rings is 2. The number of hydrogen-bond acceptors (Lipinski definition) is 6. The number of carbonyl (C=O) groups excluding carboxylic acids is 1. The number of ether oxygens (including phenoxy) is 1. The maximum atomic E-state index is 12.8. The van der Waals surface area contributed by atoms with Gasteiger partial charge in [-0.2, -0.15) is 0 Å². The summed E-state index contributed by atoms with van der Waals surface area (Å²) in [6.45, 7) is 3.97. The van der Waals surface area contributed by atoms with Crippen molar-refractivity contribution < 1.29 is 14.5 Å². The third-order valence-corrected chi connectivity index (χ3v) is 5.54. The largest absolute Gasteiger partial charge is 0.490 e. The Labute approximate surface area is 166 Å². The molecule has 0 N–H and O–H groups in total. The minimum absolute atomic E-state index is 0.157. The standard InChI is InChI=1S/C19H16N2O4S2/c1-11-4-6-14(8-12(11)2)20-18(22)17(27-19(20)26)10-13-5-7-16(25-3)15(9-13)21(23)24/h4-10H,1-3H3/b17-10+. The number of amides is 1. The Hall–Kier alpha value is -2.71. The Morgan fingerprint density at radius 1 is 1.19 bits per heavy atom. The molecule has 0 bridgehead atoms. The van der Waals surface area contributed by atoms with Crippen LogP contribution in [0.4, 0.5) is 11.4 Å². The zero-order valence-electron chi connectivity index (χ0n) is 14.9. The summed E-state index contributed by atoms with van der Waals surface area (Å²) in [6, 6.07) is 10.3. The van der Waals surface area contributed by atoms with Gasteiger partial charge in [0.05, 0.1) is 22.6 Å². The summed E-state index contributed by atoms with van der Waals surface area (Å²) in [5.74, 6) is -0.0773. The normalized spacial score (nSPS) is 15.5. The highest BCUT2D eigenvalue weighted by atomic mass is 32.2. The molecule has 0 aliphatic carbocycles. The molecule has 0 atom stereocenters. The number of hydrogen-bond donors (Lipinski definition) is 0. The lowest BCUT2D eigenvalue weighted by atomic mass is 10.1. The molecule has 0 saturated carbocycles. The van der Waals surface area contributed by atoms with E-state index >= 15 is 0 Å². The third kappa shape index (κ3) is 3.72. The van der Waals surface area contributed by atoms with Crippen LogP contribution in [0.5, 0.6) is 5.75 Å². The fourth-order valence-electron chi connectivity index (χ4n) is 2.65. The zero-order chi connectivity index (χ0) is 19.7. The minimum Gasteiger partial charge on any atom is -0.490 e. The fourth-order valence-corrected chi connectivity index (χ4v) is 3.94. The topological polar surface area (TPSA) is 72.7 Å². The number of carbonyl (C=O) groups is 1. The first-order chi connectivity index (χ1) is 12.8. The Balaban J connectivity index is 1.96. The summed E-state index contributed by atoms with van der Waals surface area (Å²) in [5.41, 5.74) is 3.28. The van der Waals surface area contributed by atoms with Gasteiger partial charge in [-0.15, -0.1) is 0 Å². The number of methoxy groups -OCH3 is 1. The Morgan fingerprint density at radius 2 is 1.93 bits per heavy atom. The van der Waals surface area contributed by atoms with Crippen molar-refractivity contribution in [2.45, 2.75) is 13.8 Å². The third-order valence-electron chi connectivity index (χ3n) is 4.24. The molecule has 6 nitrogen and oxygen atoms in total. The molecule has 1 heterocycles. The van der Waals surface area contributed by atoms with Gasteiger partial charge in [0.15, 0.2) is 10.1 Å². The summed E-state index contributed by atoms with van der Waals surface area (Å²) in [5, 5.41) is 11.2. The second-order valence-corrected chi connectivity index (χ2v) is 7.65. The van der Waals surface area contributed by atoms with Gasteiger partial charge in [-0.25, -0.2) is 0 Å². The molecule has 1 saturated heterocycles. The van der Waals surface area contributed by atoms with Gasteiger partial charge in [0.25, 0.3) is 5.91 Å². The fraction of sp³-hybridized carbons (Fsp3) is 0.158. The molecular weight excluding hydrogens is 384 g/mol. The predicted octanol–water partition coefficient (Wildman–Crippen LogP) is 4.63. The lowest BCUT2D eigenvalue weighted by Gasteiger charge is -2.15. The molecule has 0 radical (unpaired) electrons. The predicted molar refractivity (Wildman–Crippen MR) is 111 cm³/mol. The van der Waals surface area contributed by atoms with Crippen LogP contribution in [-0.2, 0) is 4.79 Å². The van der Waals surface area contributed by atoms with Gasteiger partial charge in [-0.05, 0) is 54.8 Å². The molecule has 0 aromatic heterocycles. The van der Waals surface area contributed by atoms with Crippen LogP contribution in [0.2, 0.25) is 0 Å². The number of aryl methyl sites for hydroxylation is 2. The van der Waals surface area contributed by atoms with Crippen molar-refractivity contribution in [2.75, 3.05) is 12.0 Å². The van der Waals surface area contributed by atoms with E-state index in [1.54, 1.807) is 12.1 Å². The molecular formula is C19H16N2O4S2. The monoisotopic (exact) mass is 400 g/mol. The van der Waals surface area contributed by atoms with E-state index in [1.165, 1.54) is 35.9 Å². The molecule has 1 aliphatic rings. The lowest BCUT2D eigenvalue weighted by Crippen LogP contribution is -2.27. The van der Waals surface area contributed by atoms with Crippen molar-refractivity contribution in [1.82, 2.24) is 0 Å².